The molecule has 0 aromatic heterocycles. The number of amides is 2. The van der Waals surface area contributed by atoms with Crippen LogP contribution in [0.2, 0.25) is 0 Å². The number of benzene rings is 2. The van der Waals surface area contributed by atoms with Crippen LogP contribution >= 0.6 is 0 Å². The second-order valence-electron chi connectivity index (χ2n) is 7.71. The lowest BCUT2D eigenvalue weighted by molar-refractivity contribution is -0.160. The number of ether oxygens (including phenoxy) is 4. The van der Waals surface area contributed by atoms with E-state index in [1.165, 1.54) is 0 Å². The standard InChI is InChI=1S/C24H28N2O6/c1-29-19-9-5-3-7-17(19)21-15-25(11-13-31-21)23(27)24(28)26-12-14-32-22(16-26)18-8-4-6-10-20(18)30-2/h3-10,21-22H,11-16H2,1-2H3. The number of methoxy groups -OCH3 is 2. The third-order valence-corrected chi connectivity index (χ3v) is 5.86. The van der Waals surface area contributed by atoms with Crippen molar-refractivity contribution in [3.63, 3.8) is 0 Å². The summed E-state index contributed by atoms with van der Waals surface area (Å²) in [5, 5.41) is 0. The highest BCUT2D eigenvalue weighted by Crippen LogP contribution is 2.31. The summed E-state index contributed by atoms with van der Waals surface area (Å²) in [5.41, 5.74) is 1.73. The van der Waals surface area contributed by atoms with Gasteiger partial charge in [-0.15, -0.1) is 0 Å². The molecule has 4 rings (SSSR count). The van der Waals surface area contributed by atoms with Crippen molar-refractivity contribution in [2.45, 2.75) is 12.2 Å². The van der Waals surface area contributed by atoms with Gasteiger partial charge in [0.05, 0.1) is 40.5 Å². The highest BCUT2D eigenvalue weighted by molar-refractivity contribution is 6.35. The van der Waals surface area contributed by atoms with Gasteiger partial charge >= 0.3 is 11.8 Å². The number of hydrogen-bond acceptors (Lipinski definition) is 6. The molecule has 8 heteroatoms. The second kappa shape index (κ2) is 10.0. The van der Waals surface area contributed by atoms with Crippen LogP contribution in [0.15, 0.2) is 48.5 Å². The van der Waals surface area contributed by atoms with Crippen molar-refractivity contribution in [1.29, 1.82) is 0 Å². The first kappa shape index (κ1) is 22.1. The van der Waals surface area contributed by atoms with Crippen LogP contribution in [-0.4, -0.2) is 75.2 Å². The van der Waals surface area contributed by atoms with Crippen molar-refractivity contribution in [3.05, 3.63) is 59.7 Å². The molecule has 2 saturated heterocycles. The Balaban J connectivity index is 1.44. The summed E-state index contributed by atoms with van der Waals surface area (Å²) in [7, 11) is 3.20. The highest BCUT2D eigenvalue weighted by atomic mass is 16.5. The molecule has 2 fully saturated rings. The minimum atomic E-state index is -0.520. The summed E-state index contributed by atoms with van der Waals surface area (Å²) in [5.74, 6) is 0.361. The van der Waals surface area contributed by atoms with Gasteiger partial charge in [0.1, 0.15) is 23.7 Å². The van der Waals surface area contributed by atoms with Crippen molar-refractivity contribution in [2.75, 3.05) is 53.6 Å². The molecule has 170 valence electrons. The third kappa shape index (κ3) is 4.56. The Bertz CT molecular complexity index is 888. The smallest absolute Gasteiger partial charge is 0.312 e. The van der Waals surface area contributed by atoms with Gasteiger partial charge < -0.3 is 28.7 Å². The third-order valence-electron chi connectivity index (χ3n) is 5.86. The molecule has 8 nitrogen and oxygen atoms in total. The van der Waals surface area contributed by atoms with Gasteiger partial charge in [-0.1, -0.05) is 36.4 Å². The Labute approximate surface area is 187 Å². The van der Waals surface area contributed by atoms with E-state index in [9.17, 15) is 9.59 Å². The number of rotatable bonds is 4. The summed E-state index contributed by atoms with van der Waals surface area (Å²) in [6.07, 6.45) is -0.690. The monoisotopic (exact) mass is 440 g/mol. The van der Waals surface area contributed by atoms with Crippen LogP contribution in [0.25, 0.3) is 0 Å². The van der Waals surface area contributed by atoms with Gasteiger partial charge in [-0.3, -0.25) is 9.59 Å². The molecule has 2 aromatic rings. The van der Waals surface area contributed by atoms with Crippen LogP contribution in [0.4, 0.5) is 0 Å². The van der Waals surface area contributed by atoms with E-state index in [-0.39, 0.29) is 12.2 Å². The Hall–Kier alpha value is -3.10. The van der Waals surface area contributed by atoms with Crippen LogP contribution < -0.4 is 9.47 Å². The Morgan fingerprint density at radius 1 is 0.750 bits per heavy atom. The summed E-state index contributed by atoms with van der Waals surface area (Å²) in [6.45, 7) is 2.05. The van der Waals surface area contributed by atoms with E-state index < -0.39 is 11.8 Å². The van der Waals surface area contributed by atoms with E-state index in [2.05, 4.69) is 0 Å². The quantitative estimate of drug-likeness (QED) is 0.679. The van der Waals surface area contributed by atoms with Gasteiger partial charge in [0.15, 0.2) is 0 Å². The highest BCUT2D eigenvalue weighted by Gasteiger charge is 2.35. The molecule has 0 spiro atoms. The van der Waals surface area contributed by atoms with Crippen LogP contribution in [0, 0.1) is 0 Å². The molecule has 2 aliphatic rings. The molecule has 0 aliphatic carbocycles. The lowest BCUT2D eigenvalue weighted by Gasteiger charge is -2.36. The largest absolute Gasteiger partial charge is 0.496 e. The fourth-order valence-corrected chi connectivity index (χ4v) is 4.18. The Kier molecular flexibility index (Phi) is 6.92. The number of para-hydroxylation sites is 2. The van der Waals surface area contributed by atoms with Crippen LogP contribution in [0.1, 0.15) is 23.3 Å². The molecule has 0 saturated carbocycles. The summed E-state index contributed by atoms with van der Waals surface area (Å²) in [4.78, 5) is 29.3. The number of carbonyl (C=O) groups is 2. The predicted molar refractivity (Wildman–Crippen MR) is 117 cm³/mol. The first-order valence-corrected chi connectivity index (χ1v) is 10.7. The number of hydrogen-bond donors (Lipinski definition) is 0. The minimum Gasteiger partial charge on any atom is -0.496 e. The van der Waals surface area contributed by atoms with Crippen molar-refractivity contribution in [1.82, 2.24) is 9.80 Å². The maximum absolute atomic E-state index is 13.1. The van der Waals surface area contributed by atoms with E-state index in [0.29, 0.717) is 50.9 Å². The number of morpholine rings is 2. The Morgan fingerprint density at radius 3 is 1.56 bits per heavy atom. The molecular weight excluding hydrogens is 412 g/mol. The van der Waals surface area contributed by atoms with Gasteiger partial charge in [-0.05, 0) is 12.1 Å². The zero-order valence-corrected chi connectivity index (χ0v) is 18.4. The van der Waals surface area contributed by atoms with E-state index in [1.54, 1.807) is 24.0 Å². The minimum absolute atomic E-state index is 0.297. The van der Waals surface area contributed by atoms with E-state index in [1.807, 2.05) is 48.5 Å². The molecule has 2 amide bonds. The van der Waals surface area contributed by atoms with Gasteiger partial charge in [-0.25, -0.2) is 0 Å². The van der Waals surface area contributed by atoms with Gasteiger partial charge in [0.25, 0.3) is 0 Å². The Morgan fingerprint density at radius 2 is 1.16 bits per heavy atom. The van der Waals surface area contributed by atoms with Crippen molar-refractivity contribution in [3.8, 4) is 11.5 Å². The predicted octanol–water partition coefficient (Wildman–Crippen LogP) is 2.20. The van der Waals surface area contributed by atoms with Gasteiger partial charge in [0.2, 0.25) is 0 Å². The maximum Gasteiger partial charge on any atom is 0.312 e. The van der Waals surface area contributed by atoms with Crippen LogP contribution in [0.5, 0.6) is 11.5 Å². The lowest BCUT2D eigenvalue weighted by atomic mass is 10.1. The van der Waals surface area contributed by atoms with Crippen molar-refractivity contribution < 1.29 is 28.5 Å². The molecule has 0 bridgehead atoms. The summed E-state index contributed by atoms with van der Waals surface area (Å²) >= 11 is 0. The molecule has 32 heavy (non-hydrogen) atoms. The van der Waals surface area contributed by atoms with Gasteiger partial charge in [-0.2, -0.15) is 0 Å². The van der Waals surface area contributed by atoms with E-state index >= 15 is 0 Å². The van der Waals surface area contributed by atoms with E-state index in [4.69, 9.17) is 18.9 Å². The van der Waals surface area contributed by atoms with Gasteiger partial charge in [0, 0.05) is 24.2 Å². The fourth-order valence-electron chi connectivity index (χ4n) is 4.18. The van der Waals surface area contributed by atoms with Crippen molar-refractivity contribution in [2.24, 2.45) is 0 Å². The van der Waals surface area contributed by atoms with Crippen LogP contribution in [0.3, 0.4) is 0 Å². The molecular formula is C24H28N2O6. The number of nitrogens with zero attached hydrogens (tertiary/aromatic N) is 2. The zero-order chi connectivity index (χ0) is 22.5. The molecule has 2 unspecified atom stereocenters. The molecule has 0 N–H and O–H groups in total. The average molecular weight is 440 g/mol. The van der Waals surface area contributed by atoms with Crippen molar-refractivity contribution >= 4 is 11.8 Å². The molecule has 2 aromatic carbocycles. The average Bonchev–Trinajstić information content (AvgIpc) is 2.87. The molecule has 2 atom stereocenters. The fraction of sp³-hybridized carbons (Fsp3) is 0.417. The normalized spacial score (nSPS) is 21.2. The molecule has 2 heterocycles. The first-order valence-electron chi connectivity index (χ1n) is 10.7. The topological polar surface area (TPSA) is 77.5 Å². The SMILES string of the molecule is COc1ccccc1C1CN(C(=O)C(=O)N2CCOC(c3ccccc3OC)C2)CCO1. The summed E-state index contributed by atoms with van der Waals surface area (Å²) in [6, 6.07) is 15.1. The number of carbonyl (C=O) groups excluding carboxylic acids is 2. The summed E-state index contributed by atoms with van der Waals surface area (Å²) < 4.78 is 22.6. The maximum atomic E-state index is 13.1. The van der Waals surface area contributed by atoms with E-state index in [0.717, 1.165) is 11.1 Å². The first-order chi connectivity index (χ1) is 15.6. The lowest BCUT2D eigenvalue weighted by Crippen LogP contribution is -2.52. The second-order valence-corrected chi connectivity index (χ2v) is 7.71. The molecule has 0 radical (unpaired) electrons. The van der Waals surface area contributed by atoms with Crippen LogP contribution in [-0.2, 0) is 19.1 Å². The molecule has 2 aliphatic heterocycles. The zero-order valence-electron chi connectivity index (χ0n) is 18.4.